The Labute approximate surface area is 495 Å². The SMILES string of the molecule is CCCCCCCCCCCCCCCCCCCC[C@@H](O)C(=O)N[C@@H](CO[C@@H]1O[C@H](CO)[C@@H](O[C@@H]2O[C@H](CO)[C@H](O)[C@H](O)[C@H]2NC(C)=O)[C@H](O[C@H]2O[C@H](C)[C@H](O)[C@H](O)[C@H]2O)[C@H]1NC(C)=O)[C@H](O)[C@H](O)CCCCCCCCCCC(C)C. The van der Waals surface area contributed by atoms with E-state index in [2.05, 4.69) is 36.7 Å². The van der Waals surface area contributed by atoms with E-state index in [1.165, 1.54) is 110 Å². The third-order valence-corrected chi connectivity index (χ3v) is 16.6. The molecule has 3 saturated heterocycles. The van der Waals surface area contributed by atoms with Gasteiger partial charge < -0.3 is 95.4 Å². The first-order chi connectivity index (χ1) is 39.7. The fraction of sp³-hybridized carbons (Fsp3) is 0.951. The second-order valence-electron chi connectivity index (χ2n) is 24.4. The van der Waals surface area contributed by atoms with Gasteiger partial charge in [0, 0.05) is 13.8 Å². The Kier molecular flexibility index (Phi) is 38.5. The maximum atomic E-state index is 13.8. The van der Waals surface area contributed by atoms with Gasteiger partial charge >= 0.3 is 0 Å². The van der Waals surface area contributed by atoms with Crippen molar-refractivity contribution >= 4 is 17.7 Å². The number of hydrogen-bond donors (Lipinski definition) is 13. The van der Waals surface area contributed by atoms with Crippen LogP contribution in [0.3, 0.4) is 0 Å². The van der Waals surface area contributed by atoms with Crippen LogP contribution in [-0.2, 0) is 42.8 Å². The molecule has 0 aromatic rings. The Morgan fingerprint density at radius 3 is 1.42 bits per heavy atom. The van der Waals surface area contributed by atoms with Crippen molar-refractivity contribution in [2.45, 2.75) is 344 Å². The fourth-order valence-corrected chi connectivity index (χ4v) is 11.4. The van der Waals surface area contributed by atoms with Crippen molar-refractivity contribution in [1.29, 1.82) is 0 Å². The molecule has 13 N–H and O–H groups in total. The summed E-state index contributed by atoms with van der Waals surface area (Å²) >= 11 is 0. The summed E-state index contributed by atoms with van der Waals surface area (Å²) in [5, 5.41) is 118. The molecule has 0 aliphatic carbocycles. The lowest BCUT2D eigenvalue weighted by molar-refractivity contribution is -0.366. The van der Waals surface area contributed by atoms with Crippen molar-refractivity contribution in [3.63, 3.8) is 0 Å². The number of hydrogen-bond acceptors (Lipinski definition) is 19. The van der Waals surface area contributed by atoms with Crippen molar-refractivity contribution < 1.29 is 93.9 Å². The highest BCUT2D eigenvalue weighted by Crippen LogP contribution is 2.34. The molecule has 3 aliphatic heterocycles. The first-order valence-corrected chi connectivity index (χ1v) is 32.2. The van der Waals surface area contributed by atoms with Crippen LogP contribution in [0.2, 0.25) is 0 Å². The van der Waals surface area contributed by atoms with Gasteiger partial charge in [0.15, 0.2) is 18.9 Å². The van der Waals surface area contributed by atoms with Gasteiger partial charge in [0.05, 0.1) is 38.1 Å². The highest BCUT2D eigenvalue weighted by atomic mass is 16.8. The van der Waals surface area contributed by atoms with Gasteiger partial charge in [-0.3, -0.25) is 14.4 Å². The topological polar surface area (TPSA) is 345 Å². The Hall–Kier alpha value is -2.23. The lowest BCUT2D eigenvalue weighted by Gasteiger charge is -2.50. The molecule has 0 saturated carbocycles. The summed E-state index contributed by atoms with van der Waals surface area (Å²) < 4.78 is 36.9. The molecule has 22 nitrogen and oxygen atoms in total. The molecule has 0 aromatic heterocycles. The largest absolute Gasteiger partial charge is 0.394 e. The van der Waals surface area contributed by atoms with Crippen molar-refractivity contribution in [2.75, 3.05) is 19.8 Å². The van der Waals surface area contributed by atoms with Gasteiger partial charge in [0.25, 0.3) is 0 Å². The van der Waals surface area contributed by atoms with Gasteiger partial charge in [-0.25, -0.2) is 0 Å². The number of ether oxygens (including phenoxy) is 6. The first kappa shape index (κ1) is 75.0. The Balaban J connectivity index is 1.77. The smallest absolute Gasteiger partial charge is 0.249 e. The average Bonchev–Trinajstić information content (AvgIpc) is 3.64. The number of rotatable bonds is 45. The zero-order valence-corrected chi connectivity index (χ0v) is 51.3. The zero-order valence-electron chi connectivity index (χ0n) is 51.3. The maximum absolute atomic E-state index is 13.8. The molecule has 3 aliphatic rings. The molecular formula is C61H115N3O19. The maximum Gasteiger partial charge on any atom is 0.249 e. The molecule has 83 heavy (non-hydrogen) atoms. The summed E-state index contributed by atoms with van der Waals surface area (Å²) in [6.45, 7) is 8.06. The van der Waals surface area contributed by atoms with Crippen molar-refractivity contribution in [3.05, 3.63) is 0 Å². The quantitative estimate of drug-likeness (QED) is 0.0378. The molecule has 22 heteroatoms. The standard InChI is InChI=1S/C61H115N3O19/c1-7-8-9-10-11-12-13-14-15-16-17-18-19-20-21-26-29-32-35-45(70)58(77)64-43(51(72)44(69)34-31-28-25-23-22-24-27-30-33-39(2)3)38-78-59-49(63-42(6)68)57(83-61-55(76)54(75)50(71)40(4)79-61)56(47(37-66)81-59)82-60-48(62-41(5)67)53(74)52(73)46(36-65)80-60/h39-40,43-57,59-61,65-66,69-76H,7-38H2,1-6H3,(H,62,67)(H,63,68)(H,64,77)/t40-,43+,44-,45-,46-,47-,48-,49-,50+,51+,52+,53-,54+,55-,56-,57-,59-,60+,61-/m1/s1. The van der Waals surface area contributed by atoms with Crippen LogP contribution in [0.1, 0.15) is 228 Å². The number of carbonyl (C=O) groups excluding carboxylic acids is 3. The molecule has 3 fully saturated rings. The Bertz CT molecular complexity index is 1710. The molecule has 19 atom stereocenters. The van der Waals surface area contributed by atoms with E-state index in [1.54, 1.807) is 0 Å². The predicted molar refractivity (Wildman–Crippen MR) is 311 cm³/mol. The molecule has 0 bridgehead atoms. The minimum Gasteiger partial charge on any atom is -0.394 e. The van der Waals surface area contributed by atoms with E-state index in [0.29, 0.717) is 18.8 Å². The minimum absolute atomic E-state index is 0.144. The van der Waals surface area contributed by atoms with Crippen molar-refractivity contribution in [2.24, 2.45) is 5.92 Å². The molecule has 3 amide bonds. The normalized spacial score (nSPS) is 30.0. The van der Waals surface area contributed by atoms with Crippen LogP contribution < -0.4 is 16.0 Å². The van der Waals surface area contributed by atoms with E-state index in [0.717, 1.165) is 71.6 Å². The third kappa shape index (κ3) is 27.8. The Morgan fingerprint density at radius 1 is 0.494 bits per heavy atom. The number of carbonyl (C=O) groups is 3. The molecule has 0 unspecified atom stereocenters. The molecule has 3 rings (SSSR count). The number of aliphatic hydroxyl groups is 10. The molecule has 488 valence electrons. The summed E-state index contributed by atoms with van der Waals surface area (Å²) in [5.74, 6) is -1.51. The van der Waals surface area contributed by atoms with Crippen LogP contribution >= 0.6 is 0 Å². The zero-order chi connectivity index (χ0) is 61.3. The monoisotopic (exact) mass is 1190 g/mol. The van der Waals surface area contributed by atoms with Crippen LogP contribution in [0.25, 0.3) is 0 Å². The van der Waals surface area contributed by atoms with Crippen molar-refractivity contribution in [3.8, 4) is 0 Å². The van der Waals surface area contributed by atoms with Crippen LogP contribution in [0, 0.1) is 5.92 Å². The molecule has 3 heterocycles. The van der Waals surface area contributed by atoms with Gasteiger partial charge in [-0.2, -0.15) is 0 Å². The van der Waals surface area contributed by atoms with Crippen LogP contribution in [0.4, 0.5) is 0 Å². The van der Waals surface area contributed by atoms with Gasteiger partial charge in [-0.05, 0) is 25.7 Å². The highest BCUT2D eigenvalue weighted by Gasteiger charge is 2.55. The summed E-state index contributed by atoms with van der Waals surface area (Å²) in [7, 11) is 0. The van der Waals surface area contributed by atoms with E-state index in [4.69, 9.17) is 28.4 Å². The van der Waals surface area contributed by atoms with E-state index in [1.807, 2.05) is 0 Å². The van der Waals surface area contributed by atoms with Crippen LogP contribution in [-0.4, -0.2) is 205 Å². The number of unbranched alkanes of at least 4 members (excludes halogenated alkanes) is 24. The minimum atomic E-state index is -1.92. The van der Waals surface area contributed by atoms with Crippen LogP contribution in [0.5, 0.6) is 0 Å². The van der Waals surface area contributed by atoms with E-state index in [-0.39, 0.29) is 12.8 Å². The van der Waals surface area contributed by atoms with E-state index >= 15 is 0 Å². The number of nitrogens with one attached hydrogen (secondary N) is 3. The summed E-state index contributed by atoms with van der Waals surface area (Å²) in [6, 6.07) is -4.44. The molecule has 0 aromatic carbocycles. The first-order valence-electron chi connectivity index (χ1n) is 32.2. The third-order valence-electron chi connectivity index (χ3n) is 16.6. The van der Waals surface area contributed by atoms with Gasteiger partial charge in [-0.1, -0.05) is 194 Å². The summed E-state index contributed by atoms with van der Waals surface area (Å²) in [6.07, 6.45) is 5.26. The van der Waals surface area contributed by atoms with Gasteiger partial charge in [0.1, 0.15) is 79.2 Å². The second-order valence-corrected chi connectivity index (χ2v) is 24.4. The predicted octanol–water partition coefficient (Wildman–Crippen LogP) is 4.32. The average molecular weight is 1190 g/mol. The lowest BCUT2D eigenvalue weighted by atomic mass is 9.93. The fourth-order valence-electron chi connectivity index (χ4n) is 11.4. The van der Waals surface area contributed by atoms with E-state index < -0.39 is 154 Å². The van der Waals surface area contributed by atoms with Crippen molar-refractivity contribution in [1.82, 2.24) is 16.0 Å². The molecule has 0 radical (unpaired) electrons. The summed E-state index contributed by atoms with van der Waals surface area (Å²) in [4.78, 5) is 39.3. The summed E-state index contributed by atoms with van der Waals surface area (Å²) in [5.41, 5.74) is 0. The number of amides is 3. The molecular weight excluding hydrogens is 1080 g/mol. The Morgan fingerprint density at radius 2 is 0.940 bits per heavy atom. The van der Waals surface area contributed by atoms with Gasteiger partial charge in [0.2, 0.25) is 17.7 Å². The highest BCUT2D eigenvalue weighted by molar-refractivity contribution is 5.80. The molecule has 0 spiro atoms. The second kappa shape index (κ2) is 42.6. The van der Waals surface area contributed by atoms with Gasteiger partial charge in [-0.15, -0.1) is 0 Å². The lowest BCUT2D eigenvalue weighted by Crippen LogP contribution is -2.71. The van der Waals surface area contributed by atoms with Crippen LogP contribution in [0.15, 0.2) is 0 Å². The number of aliphatic hydroxyl groups excluding tert-OH is 10. The van der Waals surface area contributed by atoms with E-state index in [9.17, 15) is 65.4 Å².